The van der Waals surface area contributed by atoms with E-state index >= 15 is 0 Å². The van der Waals surface area contributed by atoms with Gasteiger partial charge in [-0.05, 0) is 73.7 Å². The first kappa shape index (κ1) is 30.0. The second-order valence-corrected chi connectivity index (χ2v) is 9.83. The first-order valence-corrected chi connectivity index (χ1v) is 13.1. The Hall–Kier alpha value is -4.02. The van der Waals surface area contributed by atoms with Crippen molar-refractivity contribution >= 4 is 0 Å². The fraction of sp³-hybridized carbons (Fsp3) is 0.333. The lowest BCUT2D eigenvalue weighted by Gasteiger charge is -2.22. The minimum Gasteiger partial charge on any atom is -0.267 e. The molecule has 3 heterocycles. The molecule has 5 nitrogen and oxygen atoms in total. The molecule has 4 aromatic rings. The molecule has 0 aliphatic heterocycles. The molecule has 0 bridgehead atoms. The number of nitrogens with zero attached hydrogens (tertiary/aromatic N) is 4. The van der Waals surface area contributed by atoms with Gasteiger partial charge in [0, 0.05) is 11.8 Å². The van der Waals surface area contributed by atoms with Crippen molar-refractivity contribution in [2.45, 2.75) is 64.1 Å². The van der Waals surface area contributed by atoms with Crippen LogP contribution in [-0.4, -0.2) is 19.7 Å². The summed E-state index contributed by atoms with van der Waals surface area (Å²) in [7, 11) is 0. The lowest BCUT2D eigenvalue weighted by molar-refractivity contribution is -0.138. The van der Waals surface area contributed by atoms with Crippen LogP contribution in [0.1, 0.15) is 72.5 Å². The van der Waals surface area contributed by atoms with Crippen molar-refractivity contribution in [3.63, 3.8) is 0 Å². The monoisotopic (exact) mass is 574 g/mol. The smallest absolute Gasteiger partial charge is 0.267 e. The molecule has 0 spiro atoms. The molecule has 5 rings (SSSR count). The van der Waals surface area contributed by atoms with Gasteiger partial charge in [0.25, 0.3) is 12.0 Å². The molecule has 1 aliphatic carbocycles. The van der Waals surface area contributed by atoms with Gasteiger partial charge in [0.15, 0.2) is 0 Å². The Bertz CT molecular complexity index is 1510. The Morgan fingerprint density at radius 3 is 2.32 bits per heavy atom. The number of aromatic nitrogens is 4. The van der Waals surface area contributed by atoms with E-state index in [-0.39, 0.29) is 28.8 Å². The molecule has 0 amide bonds. The van der Waals surface area contributed by atoms with Crippen molar-refractivity contribution in [3.8, 4) is 11.4 Å². The average Bonchev–Trinajstić information content (AvgIpc) is 2.94. The third-order valence-corrected chi connectivity index (χ3v) is 6.78. The third-order valence-electron chi connectivity index (χ3n) is 6.78. The number of rotatable bonds is 5. The van der Waals surface area contributed by atoms with Crippen molar-refractivity contribution in [1.29, 1.82) is 0 Å². The minimum absolute atomic E-state index is 0.0802. The molecule has 11 heteroatoms. The summed E-state index contributed by atoms with van der Waals surface area (Å²) >= 11 is 0. The maximum atomic E-state index is 13.5. The molecule has 1 aliphatic rings. The van der Waals surface area contributed by atoms with Crippen LogP contribution in [-0.2, 0) is 12.7 Å². The fourth-order valence-corrected chi connectivity index (χ4v) is 4.79. The van der Waals surface area contributed by atoms with Gasteiger partial charge in [-0.3, -0.25) is 9.78 Å². The zero-order chi connectivity index (χ0) is 29.6. The van der Waals surface area contributed by atoms with Crippen LogP contribution in [0, 0.1) is 12.7 Å². The molecule has 0 N–H and O–H groups in total. The summed E-state index contributed by atoms with van der Waals surface area (Å²) in [6.45, 7) is 1.36. The van der Waals surface area contributed by atoms with E-state index < -0.39 is 36.0 Å². The van der Waals surface area contributed by atoms with Crippen LogP contribution in [0.5, 0.6) is 0 Å². The van der Waals surface area contributed by atoms with Crippen molar-refractivity contribution in [1.82, 2.24) is 19.7 Å². The van der Waals surface area contributed by atoms with E-state index in [1.54, 1.807) is 6.07 Å². The van der Waals surface area contributed by atoms with Crippen LogP contribution in [0.2, 0.25) is 0 Å². The quantitative estimate of drug-likeness (QED) is 0.228. The molecular formula is C30H28F6N4O. The molecule has 1 saturated carbocycles. The number of hydrogen-bond donors (Lipinski definition) is 0. The molecule has 1 fully saturated rings. The summed E-state index contributed by atoms with van der Waals surface area (Å²) in [5.74, 6) is -0.242. The highest BCUT2D eigenvalue weighted by Gasteiger charge is 2.34. The first-order chi connectivity index (χ1) is 19.5. The van der Waals surface area contributed by atoms with Gasteiger partial charge in [0.1, 0.15) is 17.2 Å². The fourth-order valence-electron chi connectivity index (χ4n) is 4.79. The molecule has 0 saturated heterocycles. The van der Waals surface area contributed by atoms with Crippen LogP contribution in [0.25, 0.3) is 11.4 Å². The van der Waals surface area contributed by atoms with Gasteiger partial charge in [0.2, 0.25) is 0 Å². The molecule has 0 unspecified atom stereocenters. The predicted octanol–water partition coefficient (Wildman–Crippen LogP) is 7.89. The molecule has 3 aromatic heterocycles. The van der Waals surface area contributed by atoms with Gasteiger partial charge in [0.05, 0.1) is 23.5 Å². The zero-order valence-electron chi connectivity index (χ0n) is 22.2. The summed E-state index contributed by atoms with van der Waals surface area (Å²) in [5.41, 5.74) is -0.608. The van der Waals surface area contributed by atoms with Crippen LogP contribution in [0.15, 0.2) is 71.7 Å². The van der Waals surface area contributed by atoms with Gasteiger partial charge in [-0.15, -0.1) is 0 Å². The summed E-state index contributed by atoms with van der Waals surface area (Å²) < 4.78 is 79.8. The van der Waals surface area contributed by atoms with E-state index in [2.05, 4.69) is 15.1 Å². The van der Waals surface area contributed by atoms with Gasteiger partial charge in [-0.25, -0.2) is 22.8 Å². The van der Waals surface area contributed by atoms with Crippen molar-refractivity contribution in [2.75, 3.05) is 0 Å². The minimum atomic E-state index is -4.65. The van der Waals surface area contributed by atoms with Crippen LogP contribution < -0.4 is 5.56 Å². The van der Waals surface area contributed by atoms with Gasteiger partial charge in [-0.2, -0.15) is 18.3 Å². The lowest BCUT2D eigenvalue weighted by atomic mass is 9.84. The number of hydrogen-bond acceptors (Lipinski definition) is 4. The Morgan fingerprint density at radius 2 is 1.68 bits per heavy atom. The number of benzene rings is 1. The first-order valence-electron chi connectivity index (χ1n) is 13.1. The number of aryl methyl sites for hydroxylation is 1. The number of alkyl halides is 5. The van der Waals surface area contributed by atoms with Crippen LogP contribution in [0.3, 0.4) is 0 Å². The largest absolute Gasteiger partial charge is 0.418 e. The highest BCUT2D eigenvalue weighted by Crippen LogP contribution is 2.33. The van der Waals surface area contributed by atoms with E-state index in [4.69, 9.17) is 0 Å². The van der Waals surface area contributed by atoms with Gasteiger partial charge >= 0.3 is 6.18 Å². The lowest BCUT2D eigenvalue weighted by Crippen LogP contribution is -2.30. The van der Waals surface area contributed by atoms with E-state index in [1.165, 1.54) is 48.7 Å². The Kier molecular flexibility index (Phi) is 9.57. The molecule has 1 aromatic carbocycles. The zero-order valence-corrected chi connectivity index (χ0v) is 22.2. The van der Waals surface area contributed by atoms with Crippen molar-refractivity contribution in [3.05, 3.63) is 111 Å². The normalized spacial score (nSPS) is 14.0. The third kappa shape index (κ3) is 7.80. The molecule has 41 heavy (non-hydrogen) atoms. The summed E-state index contributed by atoms with van der Waals surface area (Å²) in [5, 5.41) is 4.21. The standard InChI is InChI=1S/C23H21F5N4O.C7H7F/c24-21(25)18-10-4-9-17(30-18)19-12-15(14-6-2-1-3-7-14)22(33)32(31-19)13-20-16(23(26,27)28)8-5-11-29-20;1-6-3-2-4-7(8)5-6/h4-5,8-12,14,21H,1-3,6-7,13H2;2-5H,1H3. The predicted molar refractivity (Wildman–Crippen MR) is 142 cm³/mol. The van der Waals surface area contributed by atoms with Gasteiger partial charge in [-0.1, -0.05) is 37.5 Å². The highest BCUT2D eigenvalue weighted by molar-refractivity contribution is 5.55. The van der Waals surface area contributed by atoms with E-state index in [0.29, 0.717) is 5.56 Å². The van der Waals surface area contributed by atoms with E-state index in [9.17, 15) is 31.1 Å². The summed E-state index contributed by atoms with van der Waals surface area (Å²) in [6.07, 6.45) is -1.79. The van der Waals surface area contributed by atoms with Crippen LogP contribution in [0.4, 0.5) is 26.3 Å². The summed E-state index contributed by atoms with van der Waals surface area (Å²) in [4.78, 5) is 21.0. The number of pyridine rings is 2. The van der Waals surface area contributed by atoms with Crippen molar-refractivity contribution < 1.29 is 26.3 Å². The SMILES string of the molecule is Cc1cccc(F)c1.O=c1c(C2CCCCC2)cc(-c2cccc(C(F)F)n2)nn1Cc1ncccc1C(F)(F)F. The Balaban J connectivity index is 0.000000417. The second-order valence-electron chi connectivity index (χ2n) is 9.83. The molecule has 0 radical (unpaired) electrons. The second kappa shape index (κ2) is 13.1. The maximum Gasteiger partial charge on any atom is 0.418 e. The topological polar surface area (TPSA) is 60.7 Å². The van der Waals surface area contributed by atoms with E-state index in [0.717, 1.165) is 48.4 Å². The Labute approximate surface area is 232 Å². The average molecular weight is 575 g/mol. The number of halogens is 6. The van der Waals surface area contributed by atoms with E-state index in [1.807, 2.05) is 13.0 Å². The maximum absolute atomic E-state index is 13.5. The van der Waals surface area contributed by atoms with Crippen molar-refractivity contribution in [2.24, 2.45) is 0 Å². The molecular weight excluding hydrogens is 546 g/mol. The Morgan fingerprint density at radius 1 is 0.951 bits per heavy atom. The molecule has 216 valence electrons. The van der Waals surface area contributed by atoms with Crippen LogP contribution >= 0.6 is 0 Å². The summed E-state index contributed by atoms with van der Waals surface area (Å²) in [6, 6.07) is 14.2. The molecule has 0 atom stereocenters. The van der Waals surface area contributed by atoms with Gasteiger partial charge < -0.3 is 0 Å². The highest BCUT2D eigenvalue weighted by atomic mass is 19.4.